The minimum atomic E-state index is -4.24. The fourth-order valence-corrected chi connectivity index (χ4v) is 0.698. The number of aliphatic carboxylic acids is 1. The fraction of sp³-hybridized carbons (Fsp3) is 0.750. The maximum absolute atomic E-state index is 10.1. The van der Waals surface area contributed by atoms with Crippen LogP contribution in [0, 0.1) is 0 Å². The summed E-state index contributed by atoms with van der Waals surface area (Å²) < 4.78 is 14.4. The van der Waals surface area contributed by atoms with Crippen LogP contribution in [-0.4, -0.2) is 33.3 Å². The van der Waals surface area contributed by atoms with Gasteiger partial charge in [-0.25, -0.2) is 4.79 Å². The van der Waals surface area contributed by atoms with Crippen molar-refractivity contribution < 1.29 is 29.0 Å². The summed E-state index contributed by atoms with van der Waals surface area (Å²) in [6, 6.07) is 0. The van der Waals surface area contributed by atoms with Gasteiger partial charge < -0.3 is 19.6 Å². The molecule has 0 fully saturated rings. The summed E-state index contributed by atoms with van der Waals surface area (Å²) >= 11 is 0. The van der Waals surface area contributed by atoms with Gasteiger partial charge in [-0.3, -0.25) is 4.57 Å². The number of ether oxygens (including phenoxy) is 1. The highest BCUT2D eigenvalue weighted by molar-refractivity contribution is 7.51. The summed E-state index contributed by atoms with van der Waals surface area (Å²) in [5.74, 6) is -1.25. The molecule has 0 saturated carbocycles. The molecule has 0 aliphatic carbocycles. The highest BCUT2D eigenvalue weighted by Crippen LogP contribution is 2.34. The zero-order valence-corrected chi connectivity index (χ0v) is 6.69. The van der Waals surface area contributed by atoms with Crippen LogP contribution in [0.5, 0.6) is 0 Å². The molecule has 3 N–H and O–H groups in total. The maximum atomic E-state index is 10.1. The number of carboxylic acids is 1. The molecule has 0 spiro atoms. The van der Waals surface area contributed by atoms with Crippen molar-refractivity contribution >= 4 is 13.6 Å². The molecule has 0 heterocycles. The second-order valence-corrected chi connectivity index (χ2v) is 3.53. The van der Waals surface area contributed by atoms with Gasteiger partial charge >= 0.3 is 13.6 Å². The molecule has 0 rings (SSSR count). The van der Waals surface area contributed by atoms with E-state index in [1.165, 1.54) is 6.92 Å². The van der Waals surface area contributed by atoms with Crippen molar-refractivity contribution in [2.75, 3.05) is 6.35 Å². The van der Waals surface area contributed by atoms with Gasteiger partial charge in [0, 0.05) is 0 Å². The summed E-state index contributed by atoms with van der Waals surface area (Å²) in [7, 11) is -4.24. The SMILES string of the molecule is CC(OCP(=O)(O)O)C(=O)O. The Labute approximate surface area is 63.0 Å². The molecular weight excluding hydrogens is 175 g/mol. The summed E-state index contributed by atoms with van der Waals surface area (Å²) in [4.78, 5) is 26.5. The maximum Gasteiger partial charge on any atom is 0.351 e. The summed E-state index contributed by atoms with van der Waals surface area (Å²) in [6.07, 6.45) is -2.05. The van der Waals surface area contributed by atoms with Crippen molar-refractivity contribution in [1.82, 2.24) is 0 Å². The standard InChI is InChI=1S/C4H9O6P/c1-3(4(5)6)10-2-11(7,8)9/h3H,2H2,1H3,(H,5,6)(H2,7,8,9). The topological polar surface area (TPSA) is 104 Å². The number of carboxylic acid groups (broad SMARTS) is 1. The first-order valence-electron chi connectivity index (χ1n) is 2.72. The largest absolute Gasteiger partial charge is 0.479 e. The molecule has 0 aliphatic heterocycles. The van der Waals surface area contributed by atoms with Gasteiger partial charge in [0.05, 0.1) is 0 Å². The van der Waals surface area contributed by atoms with Crippen molar-refractivity contribution in [3.8, 4) is 0 Å². The molecule has 1 unspecified atom stereocenters. The van der Waals surface area contributed by atoms with Crippen molar-refractivity contribution in [2.45, 2.75) is 13.0 Å². The molecule has 0 radical (unpaired) electrons. The monoisotopic (exact) mass is 184 g/mol. The van der Waals surface area contributed by atoms with Gasteiger partial charge in [0.1, 0.15) is 6.35 Å². The van der Waals surface area contributed by atoms with Gasteiger partial charge in [-0.1, -0.05) is 0 Å². The van der Waals surface area contributed by atoms with Gasteiger partial charge in [0.15, 0.2) is 6.10 Å². The highest BCUT2D eigenvalue weighted by Gasteiger charge is 2.18. The normalized spacial score (nSPS) is 14.5. The Morgan fingerprint density at radius 3 is 2.36 bits per heavy atom. The predicted molar refractivity (Wildman–Crippen MR) is 35.1 cm³/mol. The van der Waals surface area contributed by atoms with E-state index >= 15 is 0 Å². The van der Waals surface area contributed by atoms with Crippen LogP contribution >= 0.6 is 7.60 Å². The average molecular weight is 184 g/mol. The van der Waals surface area contributed by atoms with Gasteiger partial charge in [-0.15, -0.1) is 0 Å². The Hall–Kier alpha value is -0.420. The van der Waals surface area contributed by atoms with Crippen molar-refractivity contribution in [2.24, 2.45) is 0 Å². The molecule has 6 nitrogen and oxygen atoms in total. The van der Waals surface area contributed by atoms with E-state index in [1.807, 2.05) is 0 Å². The van der Waals surface area contributed by atoms with Crippen LogP contribution in [0.1, 0.15) is 6.92 Å². The van der Waals surface area contributed by atoms with E-state index in [0.29, 0.717) is 0 Å². The van der Waals surface area contributed by atoms with Crippen molar-refractivity contribution in [1.29, 1.82) is 0 Å². The molecule has 11 heavy (non-hydrogen) atoms. The Morgan fingerprint density at radius 1 is 1.64 bits per heavy atom. The van der Waals surface area contributed by atoms with Gasteiger partial charge in [-0.05, 0) is 6.92 Å². The first kappa shape index (κ1) is 10.6. The first-order chi connectivity index (χ1) is 4.83. The molecule has 0 aromatic heterocycles. The number of rotatable bonds is 4. The highest BCUT2D eigenvalue weighted by atomic mass is 31.2. The van der Waals surface area contributed by atoms with Crippen molar-refractivity contribution in [3.63, 3.8) is 0 Å². The van der Waals surface area contributed by atoms with E-state index in [0.717, 1.165) is 0 Å². The van der Waals surface area contributed by atoms with Crippen LogP contribution in [0.4, 0.5) is 0 Å². The molecule has 0 aromatic carbocycles. The average Bonchev–Trinajstić information content (AvgIpc) is 1.80. The minimum Gasteiger partial charge on any atom is -0.479 e. The van der Waals surface area contributed by atoms with Crippen LogP contribution in [0.3, 0.4) is 0 Å². The summed E-state index contributed by atoms with van der Waals surface area (Å²) in [5.41, 5.74) is 0. The van der Waals surface area contributed by atoms with Crippen LogP contribution in [-0.2, 0) is 14.1 Å². The van der Waals surface area contributed by atoms with E-state index < -0.39 is 26.0 Å². The second-order valence-electron chi connectivity index (χ2n) is 1.94. The molecule has 1 atom stereocenters. The van der Waals surface area contributed by atoms with Crippen LogP contribution in [0.15, 0.2) is 0 Å². The Balaban J connectivity index is 3.72. The van der Waals surface area contributed by atoms with Crippen LogP contribution in [0.2, 0.25) is 0 Å². The van der Waals surface area contributed by atoms with E-state index in [1.54, 1.807) is 0 Å². The Morgan fingerprint density at radius 2 is 2.09 bits per heavy atom. The smallest absolute Gasteiger partial charge is 0.351 e. The molecule has 0 aromatic rings. The Kier molecular flexibility index (Phi) is 3.68. The second kappa shape index (κ2) is 3.82. The summed E-state index contributed by atoms with van der Waals surface area (Å²) in [6.45, 7) is 1.19. The third kappa shape index (κ3) is 6.00. The van der Waals surface area contributed by atoms with E-state index in [2.05, 4.69) is 4.74 Å². The lowest BCUT2D eigenvalue weighted by atomic mass is 10.4. The summed E-state index contributed by atoms with van der Waals surface area (Å²) in [5, 5.41) is 8.20. The van der Waals surface area contributed by atoms with Crippen LogP contribution in [0.25, 0.3) is 0 Å². The first-order valence-corrected chi connectivity index (χ1v) is 4.51. The molecule has 0 amide bonds. The number of hydrogen-bond acceptors (Lipinski definition) is 3. The predicted octanol–water partition coefficient (Wildman–Crippen LogP) is -0.389. The van der Waals surface area contributed by atoms with E-state index in [4.69, 9.17) is 14.9 Å². The molecule has 0 aliphatic rings. The van der Waals surface area contributed by atoms with Gasteiger partial charge in [0.25, 0.3) is 0 Å². The third-order valence-electron chi connectivity index (χ3n) is 0.840. The zero-order valence-electron chi connectivity index (χ0n) is 5.80. The lowest BCUT2D eigenvalue weighted by Gasteiger charge is -2.08. The van der Waals surface area contributed by atoms with Crippen LogP contribution < -0.4 is 0 Å². The lowest BCUT2D eigenvalue weighted by Crippen LogP contribution is -2.20. The molecular formula is C4H9O6P. The quantitative estimate of drug-likeness (QED) is 0.514. The Bertz CT molecular complexity index is 183. The number of carbonyl (C=O) groups is 1. The molecule has 0 bridgehead atoms. The van der Waals surface area contributed by atoms with Gasteiger partial charge in [0.2, 0.25) is 0 Å². The van der Waals surface area contributed by atoms with E-state index in [9.17, 15) is 9.36 Å². The fourth-order valence-electron chi connectivity index (χ4n) is 0.280. The third-order valence-corrected chi connectivity index (χ3v) is 1.33. The minimum absolute atomic E-state index is 0.861. The van der Waals surface area contributed by atoms with E-state index in [-0.39, 0.29) is 0 Å². The molecule has 0 saturated heterocycles. The molecule has 7 heteroatoms. The lowest BCUT2D eigenvalue weighted by molar-refractivity contribution is -0.148. The molecule has 66 valence electrons. The van der Waals surface area contributed by atoms with Gasteiger partial charge in [-0.2, -0.15) is 0 Å². The van der Waals surface area contributed by atoms with Crippen molar-refractivity contribution in [3.05, 3.63) is 0 Å². The zero-order chi connectivity index (χ0) is 9.07. The number of hydrogen-bond donors (Lipinski definition) is 3.